The first-order valence-electron chi connectivity index (χ1n) is 8.14. The second-order valence-electron chi connectivity index (χ2n) is 5.76. The second-order valence-corrected chi connectivity index (χ2v) is 5.76. The minimum Gasteiger partial charge on any atom is -0.444 e. The van der Waals surface area contributed by atoms with Gasteiger partial charge in [0, 0.05) is 24.7 Å². The van der Waals surface area contributed by atoms with E-state index in [0.29, 0.717) is 37.9 Å². The molecule has 2 aromatic carbocycles. The summed E-state index contributed by atoms with van der Waals surface area (Å²) in [6, 6.07) is 11.0. The molecule has 26 heavy (non-hydrogen) atoms. The molecule has 136 valence electrons. The molecule has 0 aromatic heterocycles. The maximum Gasteiger partial charge on any atom is 0.342 e. The van der Waals surface area contributed by atoms with Gasteiger partial charge < -0.3 is 14.4 Å². The maximum absolute atomic E-state index is 13.9. The molecule has 7 heteroatoms. The van der Waals surface area contributed by atoms with E-state index >= 15 is 0 Å². The quantitative estimate of drug-likeness (QED) is 0.786. The van der Waals surface area contributed by atoms with Gasteiger partial charge in [-0.25, -0.2) is 13.6 Å². The zero-order chi connectivity index (χ0) is 18.5. The molecule has 0 unspecified atom stereocenters. The number of esters is 1. The number of hydrogen-bond donors (Lipinski definition) is 0. The Labute approximate surface area is 149 Å². The van der Waals surface area contributed by atoms with E-state index in [-0.39, 0.29) is 0 Å². The molecule has 1 aliphatic heterocycles. The van der Waals surface area contributed by atoms with E-state index in [1.165, 1.54) is 4.90 Å². The molecule has 2 aromatic rings. The Balaban J connectivity index is 1.85. The topological polar surface area (TPSA) is 55.8 Å². The fourth-order valence-corrected chi connectivity index (χ4v) is 2.66. The standard InChI is InChI=1S/C19H17F2NO4/c20-14-6-7-15(16(21)12-14)19(24)26-17(13-4-2-1-3-5-13)18(23)22-8-10-25-11-9-22/h1-7,12,17H,8-11H2/t17-/m0/s1. The van der Waals surface area contributed by atoms with Gasteiger partial charge in [-0.05, 0) is 12.1 Å². The maximum atomic E-state index is 13.9. The van der Waals surface area contributed by atoms with E-state index in [1.807, 2.05) is 0 Å². The van der Waals surface area contributed by atoms with Crippen LogP contribution in [0.1, 0.15) is 22.0 Å². The molecule has 1 atom stereocenters. The zero-order valence-corrected chi connectivity index (χ0v) is 13.9. The minimum absolute atomic E-state index is 0.380. The van der Waals surface area contributed by atoms with E-state index in [1.54, 1.807) is 30.3 Å². The highest BCUT2D eigenvalue weighted by molar-refractivity contribution is 5.93. The molecule has 1 heterocycles. The molecule has 1 aliphatic rings. The van der Waals surface area contributed by atoms with Crippen molar-refractivity contribution in [2.45, 2.75) is 6.10 Å². The molecule has 0 spiro atoms. The smallest absolute Gasteiger partial charge is 0.342 e. The number of benzene rings is 2. The Kier molecular flexibility index (Phi) is 5.58. The molecule has 1 amide bonds. The number of hydrogen-bond acceptors (Lipinski definition) is 4. The van der Waals surface area contributed by atoms with Crippen LogP contribution in [0.4, 0.5) is 8.78 Å². The van der Waals surface area contributed by atoms with E-state index in [9.17, 15) is 18.4 Å². The predicted octanol–water partition coefficient (Wildman–Crippen LogP) is 2.72. The summed E-state index contributed by atoms with van der Waals surface area (Å²) in [6.45, 7) is 1.55. The molecular weight excluding hydrogens is 344 g/mol. The molecule has 0 radical (unpaired) electrons. The highest BCUT2D eigenvalue weighted by Gasteiger charge is 2.31. The number of rotatable bonds is 4. The summed E-state index contributed by atoms with van der Waals surface area (Å²) in [5.74, 6) is -3.28. The number of carbonyl (C=O) groups excluding carboxylic acids is 2. The van der Waals surface area contributed by atoms with Crippen LogP contribution in [0.3, 0.4) is 0 Å². The third-order valence-corrected chi connectivity index (χ3v) is 4.03. The van der Waals surface area contributed by atoms with Gasteiger partial charge in [0.15, 0.2) is 0 Å². The van der Waals surface area contributed by atoms with Crippen LogP contribution in [0, 0.1) is 11.6 Å². The predicted molar refractivity (Wildman–Crippen MR) is 88.4 cm³/mol. The van der Waals surface area contributed by atoms with Crippen LogP contribution in [0.5, 0.6) is 0 Å². The van der Waals surface area contributed by atoms with Crippen molar-refractivity contribution in [1.29, 1.82) is 0 Å². The summed E-state index contributed by atoms with van der Waals surface area (Å²) in [5, 5.41) is 0. The average Bonchev–Trinajstić information content (AvgIpc) is 2.67. The highest BCUT2D eigenvalue weighted by atomic mass is 19.1. The third kappa shape index (κ3) is 4.05. The lowest BCUT2D eigenvalue weighted by molar-refractivity contribution is -0.145. The number of amides is 1. The van der Waals surface area contributed by atoms with E-state index in [4.69, 9.17) is 9.47 Å². The van der Waals surface area contributed by atoms with Crippen LogP contribution in [-0.2, 0) is 14.3 Å². The molecule has 1 fully saturated rings. The van der Waals surface area contributed by atoms with Crippen molar-refractivity contribution < 1.29 is 27.8 Å². The summed E-state index contributed by atoms with van der Waals surface area (Å²) in [4.78, 5) is 26.7. The van der Waals surface area contributed by atoms with Crippen molar-refractivity contribution >= 4 is 11.9 Å². The molecular formula is C19H17F2NO4. The van der Waals surface area contributed by atoms with Gasteiger partial charge in [-0.1, -0.05) is 30.3 Å². The molecule has 0 bridgehead atoms. The number of ether oxygens (including phenoxy) is 2. The summed E-state index contributed by atoms with van der Waals surface area (Å²) >= 11 is 0. The first-order chi connectivity index (χ1) is 12.6. The first kappa shape index (κ1) is 18.0. The fraction of sp³-hybridized carbons (Fsp3) is 0.263. The molecule has 0 N–H and O–H groups in total. The molecule has 1 saturated heterocycles. The Hall–Kier alpha value is -2.80. The SMILES string of the molecule is O=C(O[C@H](C(=O)N1CCOCC1)c1ccccc1)c1ccc(F)cc1F. The second kappa shape index (κ2) is 8.05. The van der Waals surface area contributed by atoms with Crippen LogP contribution in [0.2, 0.25) is 0 Å². The molecule has 5 nitrogen and oxygen atoms in total. The van der Waals surface area contributed by atoms with Gasteiger partial charge in [0.25, 0.3) is 5.91 Å². The lowest BCUT2D eigenvalue weighted by Crippen LogP contribution is -2.44. The summed E-state index contributed by atoms with van der Waals surface area (Å²) in [5.41, 5.74) is 0.0435. The normalized spacial score (nSPS) is 15.4. The van der Waals surface area contributed by atoms with E-state index in [2.05, 4.69) is 0 Å². The van der Waals surface area contributed by atoms with Crippen LogP contribution < -0.4 is 0 Å². The van der Waals surface area contributed by atoms with Gasteiger partial charge in [-0.2, -0.15) is 0 Å². The molecule has 0 saturated carbocycles. The van der Waals surface area contributed by atoms with Gasteiger partial charge in [0.2, 0.25) is 6.10 Å². The van der Waals surface area contributed by atoms with Crippen molar-refractivity contribution in [3.63, 3.8) is 0 Å². The number of halogens is 2. The Bertz CT molecular complexity index is 791. The van der Waals surface area contributed by atoms with E-state index in [0.717, 1.165) is 12.1 Å². The van der Waals surface area contributed by atoms with Crippen molar-refractivity contribution in [3.05, 3.63) is 71.3 Å². The van der Waals surface area contributed by atoms with Crippen molar-refractivity contribution in [2.75, 3.05) is 26.3 Å². The van der Waals surface area contributed by atoms with E-state index < -0.39 is 35.2 Å². The van der Waals surface area contributed by atoms with Crippen molar-refractivity contribution in [2.24, 2.45) is 0 Å². The van der Waals surface area contributed by atoms with Gasteiger partial charge >= 0.3 is 5.97 Å². The Morgan fingerprint density at radius 1 is 1.04 bits per heavy atom. The average molecular weight is 361 g/mol. The van der Waals surface area contributed by atoms with Gasteiger partial charge in [0.05, 0.1) is 18.8 Å². The largest absolute Gasteiger partial charge is 0.444 e. The summed E-state index contributed by atoms with van der Waals surface area (Å²) in [6.07, 6.45) is -1.22. The molecule has 3 rings (SSSR count). The summed E-state index contributed by atoms with van der Waals surface area (Å²) < 4.78 is 37.5. The van der Waals surface area contributed by atoms with Gasteiger partial charge in [-0.15, -0.1) is 0 Å². The third-order valence-electron chi connectivity index (χ3n) is 4.03. The summed E-state index contributed by atoms with van der Waals surface area (Å²) in [7, 11) is 0. The monoisotopic (exact) mass is 361 g/mol. The van der Waals surface area contributed by atoms with Gasteiger partial charge in [0.1, 0.15) is 11.6 Å². The first-order valence-corrected chi connectivity index (χ1v) is 8.14. The van der Waals surface area contributed by atoms with Crippen LogP contribution >= 0.6 is 0 Å². The zero-order valence-electron chi connectivity index (χ0n) is 13.9. The Morgan fingerprint density at radius 3 is 2.38 bits per heavy atom. The van der Waals surface area contributed by atoms with Gasteiger partial charge in [-0.3, -0.25) is 4.79 Å². The van der Waals surface area contributed by atoms with Crippen LogP contribution in [-0.4, -0.2) is 43.1 Å². The van der Waals surface area contributed by atoms with Crippen molar-refractivity contribution in [1.82, 2.24) is 4.90 Å². The number of morpholine rings is 1. The van der Waals surface area contributed by atoms with Crippen molar-refractivity contribution in [3.8, 4) is 0 Å². The molecule has 0 aliphatic carbocycles. The highest BCUT2D eigenvalue weighted by Crippen LogP contribution is 2.23. The minimum atomic E-state index is -1.22. The van der Waals surface area contributed by atoms with Crippen LogP contribution in [0.25, 0.3) is 0 Å². The fourth-order valence-electron chi connectivity index (χ4n) is 2.66. The van der Waals surface area contributed by atoms with Crippen LogP contribution in [0.15, 0.2) is 48.5 Å². The lowest BCUT2D eigenvalue weighted by atomic mass is 10.1. The number of nitrogens with zero attached hydrogens (tertiary/aromatic N) is 1. The lowest BCUT2D eigenvalue weighted by Gasteiger charge is -2.30. The number of carbonyl (C=O) groups is 2. The Morgan fingerprint density at radius 2 is 1.73 bits per heavy atom.